The first kappa shape index (κ1) is 23.9. The van der Waals surface area contributed by atoms with E-state index in [9.17, 15) is 14.0 Å². The number of nitrogens with zero attached hydrogens (tertiary/aromatic N) is 2. The largest absolute Gasteiger partial charge is 0.342 e. The lowest BCUT2D eigenvalue weighted by Gasteiger charge is -2.43. The second-order valence-corrected chi connectivity index (χ2v) is 11.0. The third kappa shape index (κ3) is 5.32. The molecule has 2 aliphatic rings. The van der Waals surface area contributed by atoms with Crippen LogP contribution in [0, 0.1) is 17.2 Å². The summed E-state index contributed by atoms with van der Waals surface area (Å²) < 4.78 is 14.5. The van der Waals surface area contributed by atoms with Crippen molar-refractivity contribution in [2.24, 2.45) is 11.3 Å². The van der Waals surface area contributed by atoms with E-state index in [1.807, 2.05) is 46.5 Å². The van der Waals surface area contributed by atoms with E-state index in [0.29, 0.717) is 35.9 Å². The number of rotatable bonds is 6. The zero-order valence-corrected chi connectivity index (χ0v) is 20.6. The summed E-state index contributed by atoms with van der Waals surface area (Å²) in [4.78, 5) is 31.0. The molecule has 4 rings (SSSR count). The normalized spacial score (nSPS) is 19.8. The Bertz CT molecular complexity index is 947. The molecule has 33 heavy (non-hydrogen) atoms. The maximum atomic E-state index is 14.5. The molecule has 1 aliphatic carbocycles. The number of hydrogen-bond acceptors (Lipinski definition) is 3. The van der Waals surface area contributed by atoms with E-state index in [-0.39, 0.29) is 29.1 Å². The molecule has 0 spiro atoms. The van der Waals surface area contributed by atoms with E-state index in [1.165, 1.54) is 23.8 Å². The lowest BCUT2D eigenvalue weighted by atomic mass is 9.74. The highest BCUT2D eigenvalue weighted by molar-refractivity contribution is 7.12. The van der Waals surface area contributed by atoms with Gasteiger partial charge in [-0.05, 0) is 61.1 Å². The Morgan fingerprint density at radius 3 is 2.45 bits per heavy atom. The Balaban J connectivity index is 1.48. The van der Waals surface area contributed by atoms with Gasteiger partial charge in [0.1, 0.15) is 5.82 Å². The average Bonchev–Trinajstić information content (AvgIpc) is 3.38. The van der Waals surface area contributed by atoms with Crippen LogP contribution < -0.4 is 0 Å². The Morgan fingerprint density at radius 2 is 1.82 bits per heavy atom. The van der Waals surface area contributed by atoms with Crippen molar-refractivity contribution in [3.05, 3.63) is 58.0 Å². The van der Waals surface area contributed by atoms with Crippen LogP contribution in [0.15, 0.2) is 41.8 Å². The van der Waals surface area contributed by atoms with Crippen molar-refractivity contribution in [1.82, 2.24) is 9.80 Å². The van der Waals surface area contributed by atoms with Crippen molar-refractivity contribution < 1.29 is 14.0 Å². The maximum Gasteiger partial charge on any atom is 0.263 e. The Kier molecular flexibility index (Phi) is 7.52. The summed E-state index contributed by atoms with van der Waals surface area (Å²) in [7, 11) is 1.84. The third-order valence-electron chi connectivity index (χ3n) is 7.78. The number of carbonyl (C=O) groups excluding carboxylic acids is 2. The number of halogens is 1. The molecule has 6 heteroatoms. The van der Waals surface area contributed by atoms with Gasteiger partial charge in [0.25, 0.3) is 5.91 Å². The van der Waals surface area contributed by atoms with Crippen molar-refractivity contribution >= 4 is 23.2 Å². The molecular weight excluding hydrogens is 435 g/mol. The van der Waals surface area contributed by atoms with Crippen LogP contribution in [0.5, 0.6) is 0 Å². The van der Waals surface area contributed by atoms with Crippen LogP contribution in [0.25, 0.3) is 0 Å². The van der Waals surface area contributed by atoms with Gasteiger partial charge in [-0.2, -0.15) is 0 Å². The van der Waals surface area contributed by atoms with Crippen molar-refractivity contribution in [3.63, 3.8) is 0 Å². The molecule has 0 bridgehead atoms. The van der Waals surface area contributed by atoms with E-state index in [4.69, 9.17) is 0 Å². The van der Waals surface area contributed by atoms with Crippen molar-refractivity contribution in [2.75, 3.05) is 20.1 Å². The van der Waals surface area contributed by atoms with Gasteiger partial charge in [0, 0.05) is 31.6 Å². The minimum Gasteiger partial charge on any atom is -0.342 e. The maximum absolute atomic E-state index is 14.5. The molecule has 0 N–H and O–H groups in total. The number of thiophene rings is 1. The van der Waals surface area contributed by atoms with E-state index in [1.54, 1.807) is 6.07 Å². The fraction of sp³-hybridized carbons (Fsp3) is 0.556. The van der Waals surface area contributed by atoms with Crippen LogP contribution in [0.3, 0.4) is 0 Å². The van der Waals surface area contributed by atoms with Crippen LogP contribution >= 0.6 is 11.3 Å². The van der Waals surface area contributed by atoms with Crippen LogP contribution in [-0.2, 0) is 11.2 Å². The van der Waals surface area contributed by atoms with E-state index in [0.717, 1.165) is 38.5 Å². The molecule has 4 nitrogen and oxygen atoms in total. The van der Waals surface area contributed by atoms with Gasteiger partial charge in [0.2, 0.25) is 5.91 Å². The second-order valence-electron chi connectivity index (χ2n) is 10.0. The molecule has 178 valence electrons. The van der Waals surface area contributed by atoms with Gasteiger partial charge in [0.15, 0.2) is 0 Å². The van der Waals surface area contributed by atoms with E-state index >= 15 is 0 Å². The zero-order valence-electron chi connectivity index (χ0n) is 19.8. The van der Waals surface area contributed by atoms with Crippen molar-refractivity contribution in [3.8, 4) is 0 Å². The Hall–Kier alpha value is -2.21. The summed E-state index contributed by atoms with van der Waals surface area (Å²) in [6.07, 6.45) is 7.63. The van der Waals surface area contributed by atoms with Gasteiger partial charge >= 0.3 is 0 Å². The average molecular weight is 471 g/mol. The molecule has 1 saturated heterocycles. The fourth-order valence-corrected chi connectivity index (χ4v) is 6.35. The number of carbonyl (C=O) groups is 2. The molecule has 2 fully saturated rings. The number of amides is 2. The Labute approximate surface area is 200 Å². The number of piperidine rings is 1. The first-order valence-corrected chi connectivity index (χ1v) is 13.1. The predicted molar refractivity (Wildman–Crippen MR) is 131 cm³/mol. The molecule has 0 unspecified atom stereocenters. The first-order valence-electron chi connectivity index (χ1n) is 12.2. The zero-order chi connectivity index (χ0) is 23.4. The highest BCUT2D eigenvalue weighted by Gasteiger charge is 2.40. The van der Waals surface area contributed by atoms with Gasteiger partial charge < -0.3 is 9.80 Å². The lowest BCUT2D eigenvalue weighted by Crippen LogP contribution is -2.51. The molecule has 1 aromatic heterocycles. The molecule has 1 aliphatic heterocycles. The molecule has 1 atom stereocenters. The molecule has 2 heterocycles. The van der Waals surface area contributed by atoms with Gasteiger partial charge in [0.05, 0.1) is 4.88 Å². The predicted octanol–water partition coefficient (Wildman–Crippen LogP) is 5.78. The fourth-order valence-electron chi connectivity index (χ4n) is 5.65. The Morgan fingerprint density at radius 1 is 1.12 bits per heavy atom. The quantitative estimate of drug-likeness (QED) is 0.537. The van der Waals surface area contributed by atoms with Gasteiger partial charge in [-0.3, -0.25) is 9.59 Å². The monoisotopic (exact) mass is 470 g/mol. The minimum absolute atomic E-state index is 0.0143. The van der Waals surface area contributed by atoms with Gasteiger partial charge in [-0.15, -0.1) is 11.3 Å². The molecule has 1 saturated carbocycles. The van der Waals surface area contributed by atoms with Crippen LogP contribution in [0.1, 0.15) is 67.1 Å². The first-order chi connectivity index (χ1) is 15.9. The molecule has 1 aromatic carbocycles. The summed E-state index contributed by atoms with van der Waals surface area (Å²) in [5.41, 5.74) is 0.422. The smallest absolute Gasteiger partial charge is 0.263 e. The highest BCUT2D eigenvalue weighted by atomic mass is 32.1. The molecule has 0 radical (unpaired) electrons. The SMILES string of the molecule is CN(C(=O)c1cccs1)[C@@H](Cc1ccccc1F)C1CCN(C(=O)C2(C)CCCCC2)CC1. The van der Waals surface area contributed by atoms with E-state index in [2.05, 4.69) is 6.92 Å². The summed E-state index contributed by atoms with van der Waals surface area (Å²) in [6.45, 7) is 3.57. The van der Waals surface area contributed by atoms with Gasteiger partial charge in [-0.1, -0.05) is 50.5 Å². The molecular formula is C27H35FN2O2S. The highest BCUT2D eigenvalue weighted by Crippen LogP contribution is 2.39. The van der Waals surface area contributed by atoms with Crippen LogP contribution in [0.4, 0.5) is 4.39 Å². The standard InChI is InChI=1S/C27H35FN2O2S/c1-27(14-6-3-7-15-27)26(32)30-16-12-20(13-17-30)23(19-21-9-4-5-10-22(21)28)29(2)25(31)24-11-8-18-33-24/h4-5,8-11,18,20,23H,3,6-7,12-17,19H2,1-2H3/t23-/m0/s1. The third-order valence-corrected chi connectivity index (χ3v) is 8.64. The van der Waals surface area contributed by atoms with Crippen LogP contribution in [0.2, 0.25) is 0 Å². The second kappa shape index (κ2) is 10.4. The minimum atomic E-state index is -0.225. The summed E-state index contributed by atoms with van der Waals surface area (Å²) in [6, 6.07) is 10.5. The van der Waals surface area contributed by atoms with Crippen LogP contribution in [-0.4, -0.2) is 47.8 Å². The van der Waals surface area contributed by atoms with Crippen molar-refractivity contribution in [1.29, 1.82) is 0 Å². The topological polar surface area (TPSA) is 40.6 Å². The van der Waals surface area contributed by atoms with Crippen molar-refractivity contribution in [2.45, 2.75) is 64.3 Å². The van der Waals surface area contributed by atoms with Gasteiger partial charge in [-0.25, -0.2) is 4.39 Å². The number of benzene rings is 1. The van der Waals surface area contributed by atoms with E-state index < -0.39 is 0 Å². The number of hydrogen-bond donors (Lipinski definition) is 0. The number of likely N-dealkylation sites (N-methyl/N-ethyl adjacent to an activating group) is 1. The molecule has 2 amide bonds. The summed E-state index contributed by atoms with van der Waals surface area (Å²) >= 11 is 1.43. The molecule has 2 aromatic rings. The summed E-state index contributed by atoms with van der Waals surface area (Å²) in [5, 5.41) is 1.91. The lowest BCUT2D eigenvalue weighted by molar-refractivity contribution is -0.144. The number of likely N-dealkylation sites (tertiary alicyclic amines) is 1. The summed E-state index contributed by atoms with van der Waals surface area (Å²) in [5.74, 6) is 0.285.